The quantitative estimate of drug-likeness (QED) is 0.506. The van der Waals surface area contributed by atoms with E-state index in [1.54, 1.807) is 0 Å². The summed E-state index contributed by atoms with van der Waals surface area (Å²) in [5.74, 6) is 0. The van der Waals surface area contributed by atoms with Gasteiger partial charge >= 0.3 is 5.63 Å². The van der Waals surface area contributed by atoms with Gasteiger partial charge in [-0.25, -0.2) is 4.79 Å². The molecule has 0 spiro atoms. The minimum Gasteiger partial charge on any atom is -0.422 e. The smallest absolute Gasteiger partial charge is 0.336 e. The maximum atomic E-state index is 11.6. The van der Waals surface area contributed by atoms with Crippen LogP contribution in [0.25, 0.3) is 16.7 Å². The fourth-order valence-corrected chi connectivity index (χ4v) is 2.97. The number of pyridine rings is 1. The number of aromatic nitrogens is 1. The Morgan fingerprint density at radius 2 is 1.57 bits per heavy atom. The largest absolute Gasteiger partial charge is 0.422 e. The number of benzene rings is 1. The first-order chi connectivity index (χ1) is 9.95. The molecule has 0 N–H and O–H groups in total. The van der Waals surface area contributed by atoms with Crippen LogP contribution in [0, 0.1) is 27.7 Å². The number of nitrogens with zero attached hydrogens (tertiary/aromatic N) is 1. The molecule has 0 amide bonds. The van der Waals surface area contributed by atoms with Crippen LogP contribution in [0.3, 0.4) is 0 Å². The number of hydrogen-bond donors (Lipinski definition) is 0. The van der Waals surface area contributed by atoms with Gasteiger partial charge in [-0.15, -0.1) is 0 Å². The summed E-state index contributed by atoms with van der Waals surface area (Å²) in [6.45, 7) is 8.18. The molecule has 3 heteroatoms. The molecule has 0 radical (unpaired) electrons. The highest BCUT2D eigenvalue weighted by molar-refractivity contribution is 5.81. The van der Waals surface area contributed by atoms with E-state index in [0.717, 1.165) is 28.0 Å². The minimum absolute atomic E-state index is 0.306. The monoisotopic (exact) mass is 280 g/mol. The third kappa shape index (κ3) is 2.35. The van der Waals surface area contributed by atoms with Crippen molar-refractivity contribution in [3.63, 3.8) is 0 Å². The van der Waals surface area contributed by atoms with E-state index in [1.807, 2.05) is 19.1 Å². The van der Waals surface area contributed by atoms with Gasteiger partial charge in [-0.3, -0.25) is 0 Å². The van der Waals surface area contributed by atoms with E-state index in [0.29, 0.717) is 5.58 Å². The molecule has 0 atom stereocenters. The summed E-state index contributed by atoms with van der Waals surface area (Å²) in [6.07, 6.45) is 0. The molecule has 2 heterocycles. The minimum atomic E-state index is -0.306. The van der Waals surface area contributed by atoms with Crippen molar-refractivity contribution < 1.29 is 8.98 Å². The van der Waals surface area contributed by atoms with Gasteiger partial charge in [-0.05, 0) is 31.0 Å². The summed E-state index contributed by atoms with van der Waals surface area (Å²) in [6, 6.07) is 11.8. The lowest BCUT2D eigenvalue weighted by atomic mass is 10.1. The van der Waals surface area contributed by atoms with Crippen LogP contribution in [-0.2, 0) is 0 Å². The summed E-state index contributed by atoms with van der Waals surface area (Å²) in [4.78, 5) is 11.6. The molecule has 0 unspecified atom stereocenters. The average Bonchev–Trinajstić information content (AvgIpc) is 2.36. The van der Waals surface area contributed by atoms with Crippen molar-refractivity contribution >= 4 is 11.0 Å². The second-order valence-corrected chi connectivity index (χ2v) is 5.58. The van der Waals surface area contributed by atoms with Crippen molar-refractivity contribution in [2.24, 2.45) is 0 Å². The van der Waals surface area contributed by atoms with Gasteiger partial charge in [0.2, 0.25) is 5.69 Å². The van der Waals surface area contributed by atoms with Crippen LogP contribution in [0.1, 0.15) is 22.5 Å². The number of fused-ring (bicyclic) bond motifs is 1. The summed E-state index contributed by atoms with van der Waals surface area (Å²) < 4.78 is 7.50. The molecule has 3 aromatic rings. The molecule has 21 heavy (non-hydrogen) atoms. The summed E-state index contributed by atoms with van der Waals surface area (Å²) >= 11 is 0. The summed E-state index contributed by atoms with van der Waals surface area (Å²) in [7, 11) is 0. The van der Waals surface area contributed by atoms with Gasteiger partial charge in [-0.1, -0.05) is 0 Å². The van der Waals surface area contributed by atoms with Crippen molar-refractivity contribution in [3.05, 3.63) is 69.3 Å². The van der Waals surface area contributed by atoms with E-state index < -0.39 is 0 Å². The third-order valence-electron chi connectivity index (χ3n) is 3.77. The zero-order chi connectivity index (χ0) is 15.1. The normalized spacial score (nSPS) is 11.0. The van der Waals surface area contributed by atoms with Crippen LogP contribution in [0.2, 0.25) is 0 Å². The maximum absolute atomic E-state index is 11.6. The van der Waals surface area contributed by atoms with Gasteiger partial charge in [0.15, 0.2) is 11.4 Å². The van der Waals surface area contributed by atoms with Crippen molar-refractivity contribution in [2.45, 2.75) is 27.7 Å². The lowest BCUT2D eigenvalue weighted by molar-refractivity contribution is -0.609. The average molecular weight is 280 g/mol. The molecule has 0 bridgehead atoms. The van der Waals surface area contributed by atoms with Gasteiger partial charge in [0.1, 0.15) is 5.58 Å². The van der Waals surface area contributed by atoms with Crippen molar-refractivity contribution in [2.75, 3.05) is 0 Å². The maximum Gasteiger partial charge on any atom is 0.336 e. The van der Waals surface area contributed by atoms with Gasteiger partial charge in [0.25, 0.3) is 0 Å². The first kappa shape index (κ1) is 13.6. The van der Waals surface area contributed by atoms with Crippen molar-refractivity contribution in [3.8, 4) is 5.69 Å². The predicted molar refractivity (Wildman–Crippen MR) is 83.0 cm³/mol. The van der Waals surface area contributed by atoms with Crippen LogP contribution in [0.15, 0.2) is 45.6 Å². The SMILES string of the molecule is Cc1cc(C)[n+](-c2ccc3c(C)cc(=O)oc3c2)c(C)c1. The fraction of sp³-hybridized carbons (Fsp3) is 0.222. The molecule has 0 saturated heterocycles. The Morgan fingerprint density at radius 3 is 2.24 bits per heavy atom. The third-order valence-corrected chi connectivity index (χ3v) is 3.77. The van der Waals surface area contributed by atoms with Gasteiger partial charge < -0.3 is 4.42 Å². The van der Waals surface area contributed by atoms with Crippen molar-refractivity contribution in [1.29, 1.82) is 0 Å². The van der Waals surface area contributed by atoms with Crippen LogP contribution >= 0.6 is 0 Å². The number of hydrogen-bond acceptors (Lipinski definition) is 2. The van der Waals surface area contributed by atoms with Gasteiger partial charge in [-0.2, -0.15) is 4.57 Å². The Labute approximate surface area is 123 Å². The predicted octanol–water partition coefficient (Wildman–Crippen LogP) is 3.30. The molecule has 0 aliphatic heterocycles. The summed E-state index contributed by atoms with van der Waals surface area (Å²) in [5.41, 5.74) is 5.82. The van der Waals surface area contributed by atoms with Crippen LogP contribution < -0.4 is 10.2 Å². The van der Waals surface area contributed by atoms with Crippen molar-refractivity contribution in [1.82, 2.24) is 0 Å². The molecule has 0 saturated carbocycles. The Morgan fingerprint density at radius 1 is 0.905 bits per heavy atom. The molecule has 1 aromatic carbocycles. The molecule has 3 rings (SSSR count). The fourth-order valence-electron chi connectivity index (χ4n) is 2.97. The topological polar surface area (TPSA) is 34.1 Å². The zero-order valence-corrected chi connectivity index (χ0v) is 12.7. The molecular formula is C18H18NO2+. The Hall–Kier alpha value is -2.42. The highest BCUT2D eigenvalue weighted by Crippen LogP contribution is 2.19. The molecule has 2 aromatic heterocycles. The van der Waals surface area contributed by atoms with E-state index in [9.17, 15) is 4.79 Å². The molecule has 0 fully saturated rings. The van der Waals surface area contributed by atoms with Crippen LogP contribution in [0.4, 0.5) is 0 Å². The van der Waals surface area contributed by atoms with E-state index >= 15 is 0 Å². The number of aryl methyl sites for hydroxylation is 4. The highest BCUT2D eigenvalue weighted by Gasteiger charge is 2.16. The van der Waals surface area contributed by atoms with Crippen LogP contribution in [-0.4, -0.2) is 0 Å². The van der Waals surface area contributed by atoms with Gasteiger partial charge in [0, 0.05) is 43.5 Å². The standard InChI is InChI=1S/C18H18NO2/c1-11-7-13(3)19(14(4)8-11)15-5-6-16-12(2)9-18(20)21-17(16)10-15/h5-10H,1-4H3/q+1. The second kappa shape index (κ2) is 4.85. The molecule has 3 nitrogen and oxygen atoms in total. The van der Waals surface area contributed by atoms with E-state index in [4.69, 9.17) is 4.42 Å². The zero-order valence-electron chi connectivity index (χ0n) is 12.7. The Bertz CT molecular complexity index is 884. The lowest BCUT2D eigenvalue weighted by Gasteiger charge is -2.06. The molecule has 106 valence electrons. The lowest BCUT2D eigenvalue weighted by Crippen LogP contribution is -2.37. The highest BCUT2D eigenvalue weighted by atomic mass is 16.4. The number of rotatable bonds is 1. The molecule has 0 aliphatic rings. The molecule has 0 aliphatic carbocycles. The second-order valence-electron chi connectivity index (χ2n) is 5.58. The van der Waals surface area contributed by atoms with E-state index in [2.05, 4.69) is 43.5 Å². The van der Waals surface area contributed by atoms with E-state index in [-0.39, 0.29) is 5.63 Å². The Kier molecular flexibility index (Phi) is 3.13. The van der Waals surface area contributed by atoms with E-state index in [1.165, 1.54) is 11.6 Å². The first-order valence-corrected chi connectivity index (χ1v) is 7.00. The first-order valence-electron chi connectivity index (χ1n) is 7.00. The molecular weight excluding hydrogens is 262 g/mol. The van der Waals surface area contributed by atoms with Gasteiger partial charge in [0.05, 0.1) is 6.07 Å². The Balaban J connectivity index is 2.30. The van der Waals surface area contributed by atoms with Crippen LogP contribution in [0.5, 0.6) is 0 Å². The summed E-state index contributed by atoms with van der Waals surface area (Å²) in [5, 5.41) is 0.973.